The van der Waals surface area contributed by atoms with Gasteiger partial charge in [-0.25, -0.2) is 0 Å². The minimum absolute atomic E-state index is 0.0639. The summed E-state index contributed by atoms with van der Waals surface area (Å²) in [6, 6.07) is 7.27. The standard InChI is InChI=1S/C14H18ClNO/c1-10-7-11(2)9-16(8-10)14(17)12-5-3-4-6-13(12)15/h3-6,10-11H,7-9H2,1-2H3. The maximum atomic E-state index is 12.4. The molecule has 3 heteroatoms. The van der Waals surface area contributed by atoms with Crippen molar-refractivity contribution in [2.45, 2.75) is 20.3 Å². The molecule has 1 aromatic rings. The van der Waals surface area contributed by atoms with Gasteiger partial charge in [0.1, 0.15) is 0 Å². The molecular weight excluding hydrogens is 234 g/mol. The second kappa shape index (κ2) is 5.09. The molecule has 0 aromatic heterocycles. The highest BCUT2D eigenvalue weighted by Gasteiger charge is 2.26. The van der Waals surface area contributed by atoms with Gasteiger partial charge in [0.05, 0.1) is 10.6 Å². The third-order valence-electron chi connectivity index (χ3n) is 3.26. The second-order valence-corrected chi connectivity index (χ2v) is 5.54. The second-order valence-electron chi connectivity index (χ2n) is 5.14. The topological polar surface area (TPSA) is 20.3 Å². The normalized spacial score (nSPS) is 24.8. The van der Waals surface area contributed by atoms with Crippen LogP contribution in [0.4, 0.5) is 0 Å². The molecule has 2 nitrogen and oxygen atoms in total. The fraction of sp³-hybridized carbons (Fsp3) is 0.500. The van der Waals surface area contributed by atoms with Crippen molar-refractivity contribution in [3.8, 4) is 0 Å². The summed E-state index contributed by atoms with van der Waals surface area (Å²) in [4.78, 5) is 14.3. The van der Waals surface area contributed by atoms with Gasteiger partial charge < -0.3 is 4.90 Å². The highest BCUT2D eigenvalue weighted by atomic mass is 35.5. The Bertz CT molecular complexity index is 408. The molecule has 1 heterocycles. The number of carbonyl (C=O) groups is 1. The quantitative estimate of drug-likeness (QED) is 0.749. The van der Waals surface area contributed by atoms with Crippen LogP contribution in [-0.2, 0) is 0 Å². The van der Waals surface area contributed by atoms with Crippen molar-refractivity contribution >= 4 is 17.5 Å². The average molecular weight is 252 g/mol. The van der Waals surface area contributed by atoms with Crippen LogP contribution in [0.2, 0.25) is 5.02 Å². The third-order valence-corrected chi connectivity index (χ3v) is 3.59. The van der Waals surface area contributed by atoms with Crippen molar-refractivity contribution < 1.29 is 4.79 Å². The maximum absolute atomic E-state index is 12.4. The highest BCUT2D eigenvalue weighted by Crippen LogP contribution is 2.24. The number of piperidine rings is 1. The molecule has 1 aliphatic rings. The van der Waals surface area contributed by atoms with Crippen LogP contribution in [0.25, 0.3) is 0 Å². The van der Waals surface area contributed by atoms with E-state index in [-0.39, 0.29) is 5.91 Å². The number of nitrogens with zero attached hydrogens (tertiary/aromatic N) is 1. The van der Waals surface area contributed by atoms with E-state index in [0.29, 0.717) is 22.4 Å². The van der Waals surface area contributed by atoms with E-state index in [1.807, 2.05) is 17.0 Å². The van der Waals surface area contributed by atoms with E-state index in [0.717, 1.165) is 13.1 Å². The van der Waals surface area contributed by atoms with Crippen LogP contribution in [0.5, 0.6) is 0 Å². The molecule has 2 rings (SSSR count). The van der Waals surface area contributed by atoms with Crippen LogP contribution in [-0.4, -0.2) is 23.9 Å². The zero-order valence-corrected chi connectivity index (χ0v) is 11.1. The van der Waals surface area contributed by atoms with Gasteiger partial charge in [-0.3, -0.25) is 4.79 Å². The highest BCUT2D eigenvalue weighted by molar-refractivity contribution is 6.33. The van der Waals surface area contributed by atoms with Gasteiger partial charge in [0.25, 0.3) is 5.91 Å². The minimum Gasteiger partial charge on any atom is -0.338 e. The molecule has 1 aliphatic heterocycles. The molecule has 1 fully saturated rings. The van der Waals surface area contributed by atoms with Crippen LogP contribution in [0, 0.1) is 11.8 Å². The summed E-state index contributed by atoms with van der Waals surface area (Å²) in [5.41, 5.74) is 0.621. The lowest BCUT2D eigenvalue weighted by atomic mass is 9.91. The largest absolute Gasteiger partial charge is 0.338 e. The van der Waals surface area contributed by atoms with Gasteiger partial charge in [-0.1, -0.05) is 37.6 Å². The first-order valence-corrected chi connectivity index (χ1v) is 6.49. The van der Waals surface area contributed by atoms with Crippen LogP contribution in [0.15, 0.2) is 24.3 Å². The molecule has 0 bridgehead atoms. The van der Waals surface area contributed by atoms with Crippen LogP contribution < -0.4 is 0 Å². The van der Waals surface area contributed by atoms with Crippen molar-refractivity contribution in [3.63, 3.8) is 0 Å². The van der Waals surface area contributed by atoms with Crippen LogP contribution in [0.3, 0.4) is 0 Å². The fourth-order valence-corrected chi connectivity index (χ4v) is 2.85. The predicted molar refractivity (Wildman–Crippen MR) is 70.3 cm³/mol. The number of carbonyl (C=O) groups excluding carboxylic acids is 1. The molecule has 1 saturated heterocycles. The van der Waals surface area contributed by atoms with Gasteiger partial charge in [0.15, 0.2) is 0 Å². The van der Waals surface area contributed by atoms with E-state index >= 15 is 0 Å². The molecule has 0 radical (unpaired) electrons. The number of hydrogen-bond acceptors (Lipinski definition) is 1. The summed E-state index contributed by atoms with van der Waals surface area (Å²) in [5, 5.41) is 0.545. The van der Waals surface area contributed by atoms with Gasteiger partial charge in [0.2, 0.25) is 0 Å². The Hall–Kier alpha value is -1.02. The molecule has 92 valence electrons. The van der Waals surface area contributed by atoms with Crippen LogP contribution in [0.1, 0.15) is 30.6 Å². The SMILES string of the molecule is CC1CC(C)CN(C(=O)c2ccccc2Cl)C1. The zero-order chi connectivity index (χ0) is 12.4. The van der Waals surface area contributed by atoms with E-state index in [2.05, 4.69) is 13.8 Å². The Morgan fingerprint density at radius 2 is 1.82 bits per heavy atom. The number of halogens is 1. The van der Waals surface area contributed by atoms with Crippen molar-refractivity contribution in [2.75, 3.05) is 13.1 Å². The van der Waals surface area contributed by atoms with Gasteiger partial charge in [-0.15, -0.1) is 0 Å². The van der Waals surface area contributed by atoms with E-state index < -0.39 is 0 Å². The van der Waals surface area contributed by atoms with Gasteiger partial charge in [-0.2, -0.15) is 0 Å². The predicted octanol–water partition coefficient (Wildman–Crippen LogP) is 3.46. The smallest absolute Gasteiger partial charge is 0.255 e. The molecule has 0 spiro atoms. The van der Waals surface area contributed by atoms with Gasteiger partial charge >= 0.3 is 0 Å². The van der Waals surface area contributed by atoms with Crippen molar-refractivity contribution in [3.05, 3.63) is 34.9 Å². The first kappa shape index (κ1) is 12.4. The third kappa shape index (κ3) is 2.81. The maximum Gasteiger partial charge on any atom is 0.255 e. The van der Waals surface area contributed by atoms with E-state index in [9.17, 15) is 4.79 Å². The lowest BCUT2D eigenvalue weighted by Crippen LogP contribution is -2.42. The minimum atomic E-state index is 0.0639. The Morgan fingerprint density at radius 1 is 1.24 bits per heavy atom. The van der Waals surface area contributed by atoms with E-state index in [4.69, 9.17) is 11.6 Å². The molecule has 17 heavy (non-hydrogen) atoms. The van der Waals surface area contributed by atoms with E-state index in [1.165, 1.54) is 6.42 Å². The summed E-state index contributed by atoms with van der Waals surface area (Å²) < 4.78 is 0. The number of likely N-dealkylation sites (tertiary alicyclic amines) is 1. The zero-order valence-electron chi connectivity index (χ0n) is 10.3. The summed E-state index contributed by atoms with van der Waals surface area (Å²) in [5.74, 6) is 1.21. The van der Waals surface area contributed by atoms with Gasteiger partial charge in [-0.05, 0) is 30.4 Å². The van der Waals surface area contributed by atoms with Gasteiger partial charge in [0, 0.05) is 13.1 Å². The van der Waals surface area contributed by atoms with Crippen molar-refractivity contribution in [1.29, 1.82) is 0 Å². The van der Waals surface area contributed by atoms with Crippen molar-refractivity contribution in [1.82, 2.24) is 4.90 Å². The molecular formula is C14H18ClNO. The lowest BCUT2D eigenvalue weighted by Gasteiger charge is -2.35. The van der Waals surface area contributed by atoms with E-state index in [1.54, 1.807) is 12.1 Å². The summed E-state index contributed by atoms with van der Waals surface area (Å²) in [7, 11) is 0. The first-order valence-electron chi connectivity index (χ1n) is 6.11. The number of amides is 1. The number of benzene rings is 1. The lowest BCUT2D eigenvalue weighted by molar-refractivity contribution is 0.0623. The summed E-state index contributed by atoms with van der Waals surface area (Å²) in [6.07, 6.45) is 1.20. The van der Waals surface area contributed by atoms with Crippen molar-refractivity contribution in [2.24, 2.45) is 11.8 Å². The molecule has 0 aliphatic carbocycles. The molecule has 0 N–H and O–H groups in total. The number of hydrogen-bond donors (Lipinski definition) is 0. The Morgan fingerprint density at radius 3 is 2.41 bits per heavy atom. The molecule has 1 amide bonds. The molecule has 1 aromatic carbocycles. The Kier molecular flexibility index (Phi) is 3.72. The number of rotatable bonds is 1. The fourth-order valence-electron chi connectivity index (χ4n) is 2.63. The average Bonchev–Trinajstić information content (AvgIpc) is 2.27. The summed E-state index contributed by atoms with van der Waals surface area (Å²) >= 11 is 6.06. The molecule has 2 unspecified atom stereocenters. The summed E-state index contributed by atoms with van der Waals surface area (Å²) in [6.45, 7) is 6.08. The Labute approximate surface area is 108 Å². The molecule has 0 saturated carbocycles. The monoisotopic (exact) mass is 251 g/mol. The Balaban J connectivity index is 2.17. The molecule has 2 atom stereocenters. The first-order chi connectivity index (χ1) is 8.08. The van der Waals surface area contributed by atoms with Crippen LogP contribution >= 0.6 is 11.6 Å².